The highest BCUT2D eigenvalue weighted by atomic mass is 16.5. The number of hydrogen-bond donors (Lipinski definition) is 3. The summed E-state index contributed by atoms with van der Waals surface area (Å²) in [4.78, 5) is 43.0. The molecule has 0 bridgehead atoms. The number of benzene rings is 1. The largest absolute Gasteiger partial charge is 0.504 e. The summed E-state index contributed by atoms with van der Waals surface area (Å²) in [6.45, 7) is 1.66. The molecular formula is C18H16N2O8. The fraction of sp³-hybridized carbons (Fsp3) is 0.222. The van der Waals surface area contributed by atoms with E-state index in [0.717, 1.165) is 14.2 Å². The number of nitrogens with one attached hydrogen (secondary N) is 1. The van der Waals surface area contributed by atoms with Gasteiger partial charge in [-0.1, -0.05) is 0 Å². The van der Waals surface area contributed by atoms with E-state index < -0.39 is 29.4 Å². The summed E-state index contributed by atoms with van der Waals surface area (Å²) in [6.07, 6.45) is 0. The molecule has 28 heavy (non-hydrogen) atoms. The molecular weight excluding hydrogens is 372 g/mol. The molecule has 0 saturated carbocycles. The van der Waals surface area contributed by atoms with Gasteiger partial charge in [0.15, 0.2) is 11.5 Å². The van der Waals surface area contributed by atoms with Gasteiger partial charge in [0, 0.05) is 10.8 Å². The van der Waals surface area contributed by atoms with Gasteiger partial charge in [-0.15, -0.1) is 0 Å². The van der Waals surface area contributed by atoms with Crippen molar-refractivity contribution in [2.75, 3.05) is 20.8 Å². The van der Waals surface area contributed by atoms with Gasteiger partial charge >= 0.3 is 17.9 Å². The number of phenolic OH excluding ortho intramolecular Hbond substituents is 2. The van der Waals surface area contributed by atoms with Gasteiger partial charge in [0.2, 0.25) is 0 Å². The molecule has 0 atom stereocenters. The third-order valence-corrected chi connectivity index (χ3v) is 4.08. The first kappa shape index (κ1) is 19.0. The molecule has 3 rings (SSSR count). The lowest BCUT2D eigenvalue weighted by molar-refractivity contribution is 0.0527. The smallest absolute Gasteiger partial charge is 0.356 e. The van der Waals surface area contributed by atoms with E-state index in [1.165, 1.54) is 12.1 Å². The maximum Gasteiger partial charge on any atom is 0.356 e. The van der Waals surface area contributed by atoms with Crippen molar-refractivity contribution in [2.24, 2.45) is 0 Å². The Morgan fingerprint density at radius 2 is 1.71 bits per heavy atom. The van der Waals surface area contributed by atoms with Crippen LogP contribution < -0.4 is 0 Å². The third-order valence-electron chi connectivity index (χ3n) is 4.08. The van der Waals surface area contributed by atoms with Gasteiger partial charge in [0.25, 0.3) is 0 Å². The molecule has 0 aliphatic heterocycles. The van der Waals surface area contributed by atoms with Crippen LogP contribution in [0.15, 0.2) is 12.1 Å². The van der Waals surface area contributed by atoms with E-state index in [1.807, 2.05) is 0 Å². The first-order valence-electron chi connectivity index (χ1n) is 8.09. The lowest BCUT2D eigenvalue weighted by Crippen LogP contribution is -2.11. The number of hydrogen-bond acceptors (Lipinski definition) is 9. The topological polar surface area (TPSA) is 148 Å². The van der Waals surface area contributed by atoms with E-state index in [-0.39, 0.29) is 45.4 Å². The highest BCUT2D eigenvalue weighted by Crippen LogP contribution is 2.43. The molecule has 0 aliphatic rings. The van der Waals surface area contributed by atoms with Gasteiger partial charge in [-0.2, -0.15) is 0 Å². The maximum absolute atomic E-state index is 12.5. The third kappa shape index (κ3) is 2.84. The Morgan fingerprint density at radius 1 is 1.04 bits per heavy atom. The quantitative estimate of drug-likeness (QED) is 0.346. The predicted octanol–water partition coefficient (Wildman–Crippen LogP) is 1.88. The Hall–Kier alpha value is -3.82. The number of ether oxygens (including phenoxy) is 3. The van der Waals surface area contributed by atoms with Crippen molar-refractivity contribution < 1.29 is 38.8 Å². The second-order valence-electron chi connectivity index (χ2n) is 5.65. The number of H-pyrrole nitrogens is 1. The second kappa shape index (κ2) is 7.06. The van der Waals surface area contributed by atoms with Crippen LogP contribution in [-0.4, -0.2) is 58.9 Å². The van der Waals surface area contributed by atoms with E-state index in [9.17, 15) is 24.6 Å². The van der Waals surface area contributed by atoms with Gasteiger partial charge < -0.3 is 29.4 Å². The van der Waals surface area contributed by atoms with Crippen LogP contribution in [0.4, 0.5) is 0 Å². The highest BCUT2D eigenvalue weighted by molar-refractivity contribution is 6.20. The summed E-state index contributed by atoms with van der Waals surface area (Å²) >= 11 is 0. The molecule has 0 amide bonds. The summed E-state index contributed by atoms with van der Waals surface area (Å²) in [6, 6.07) is 2.41. The number of carbonyl (C=O) groups is 3. The van der Waals surface area contributed by atoms with Crippen LogP contribution in [0.1, 0.15) is 38.3 Å². The number of fused-ring (bicyclic) bond motifs is 3. The minimum absolute atomic E-state index is 0.0233. The lowest BCUT2D eigenvalue weighted by atomic mass is 10.0. The predicted molar refractivity (Wildman–Crippen MR) is 95.6 cm³/mol. The van der Waals surface area contributed by atoms with E-state index in [0.29, 0.717) is 0 Å². The summed E-state index contributed by atoms with van der Waals surface area (Å²) < 4.78 is 14.3. The van der Waals surface area contributed by atoms with Crippen LogP contribution in [0.2, 0.25) is 0 Å². The molecule has 0 fully saturated rings. The normalized spacial score (nSPS) is 10.8. The molecule has 2 heterocycles. The molecule has 10 nitrogen and oxygen atoms in total. The molecule has 146 valence electrons. The standard InChI is InChI=1S/C18H16N2O8/c1-4-28-16(23)7-5-9(17(24)26-2)20-13-11(7)12-8(14(21)15(13)22)6-10(19-12)18(25)27-3/h5-6,20-22H,4H2,1-3H3. The number of pyridine rings is 1. The van der Waals surface area contributed by atoms with Crippen LogP contribution in [-0.2, 0) is 14.2 Å². The van der Waals surface area contributed by atoms with Crippen molar-refractivity contribution in [1.82, 2.24) is 9.97 Å². The zero-order valence-electron chi connectivity index (χ0n) is 15.2. The monoisotopic (exact) mass is 388 g/mol. The number of phenols is 2. The van der Waals surface area contributed by atoms with Gasteiger partial charge in [-0.25, -0.2) is 19.4 Å². The van der Waals surface area contributed by atoms with Crippen LogP contribution in [0, 0.1) is 0 Å². The number of carbonyl (C=O) groups excluding carboxylic acids is 3. The number of esters is 3. The highest BCUT2D eigenvalue weighted by Gasteiger charge is 2.26. The van der Waals surface area contributed by atoms with E-state index in [2.05, 4.69) is 19.4 Å². The molecule has 2 aromatic heterocycles. The van der Waals surface area contributed by atoms with Crippen molar-refractivity contribution in [3.8, 4) is 11.5 Å². The van der Waals surface area contributed by atoms with E-state index >= 15 is 0 Å². The fourth-order valence-electron chi connectivity index (χ4n) is 2.84. The number of aromatic hydroxyl groups is 2. The molecule has 0 spiro atoms. The molecule has 10 heteroatoms. The summed E-state index contributed by atoms with van der Waals surface area (Å²) in [5, 5.41) is 20.9. The average molecular weight is 388 g/mol. The number of aromatic nitrogens is 2. The van der Waals surface area contributed by atoms with Crippen LogP contribution in [0.3, 0.4) is 0 Å². The van der Waals surface area contributed by atoms with Gasteiger partial charge in [-0.3, -0.25) is 0 Å². The van der Waals surface area contributed by atoms with Crippen molar-refractivity contribution in [1.29, 1.82) is 0 Å². The maximum atomic E-state index is 12.5. The Kier molecular flexibility index (Phi) is 4.78. The van der Waals surface area contributed by atoms with Gasteiger partial charge in [0.1, 0.15) is 11.4 Å². The van der Waals surface area contributed by atoms with E-state index in [4.69, 9.17) is 4.74 Å². The minimum Gasteiger partial charge on any atom is -0.504 e. The Labute approximate surface area is 157 Å². The summed E-state index contributed by atoms with van der Waals surface area (Å²) in [7, 11) is 2.31. The Bertz CT molecular complexity index is 1130. The molecule has 3 N–H and O–H groups in total. The molecule has 0 aliphatic carbocycles. The van der Waals surface area contributed by atoms with E-state index in [1.54, 1.807) is 6.92 Å². The van der Waals surface area contributed by atoms with Crippen LogP contribution in [0.5, 0.6) is 11.5 Å². The Morgan fingerprint density at radius 3 is 2.32 bits per heavy atom. The summed E-state index contributed by atoms with van der Waals surface area (Å²) in [5.74, 6) is -3.59. The van der Waals surface area contributed by atoms with Crippen molar-refractivity contribution in [2.45, 2.75) is 6.92 Å². The SMILES string of the molecule is CCOC(=O)c1cc(C(=O)OC)[nH]c2c(O)c(O)c3cc(C(=O)OC)nc3c12. The molecule has 0 unspecified atom stereocenters. The number of methoxy groups -OCH3 is 2. The minimum atomic E-state index is -0.808. The molecule has 0 saturated heterocycles. The van der Waals surface area contributed by atoms with Crippen LogP contribution in [0.25, 0.3) is 21.8 Å². The molecule has 1 aromatic carbocycles. The molecule has 3 aromatic rings. The lowest BCUT2D eigenvalue weighted by Gasteiger charge is -2.12. The first-order chi connectivity index (χ1) is 13.3. The second-order valence-corrected chi connectivity index (χ2v) is 5.65. The average Bonchev–Trinajstić information content (AvgIpc) is 3.15. The number of rotatable bonds is 4. The Balaban J connectivity index is 2.49. The fourth-order valence-corrected chi connectivity index (χ4v) is 2.84. The van der Waals surface area contributed by atoms with Crippen molar-refractivity contribution in [3.63, 3.8) is 0 Å². The first-order valence-corrected chi connectivity index (χ1v) is 8.09. The zero-order valence-corrected chi connectivity index (χ0v) is 15.2. The molecule has 0 radical (unpaired) electrons. The summed E-state index contributed by atoms with van der Waals surface area (Å²) in [5.41, 5.74) is -0.504. The van der Waals surface area contributed by atoms with Crippen molar-refractivity contribution >= 4 is 39.7 Å². The zero-order chi connectivity index (χ0) is 20.6. The van der Waals surface area contributed by atoms with Crippen molar-refractivity contribution in [3.05, 3.63) is 29.1 Å². The number of aromatic amines is 1. The van der Waals surface area contributed by atoms with Gasteiger partial charge in [-0.05, 0) is 19.1 Å². The van der Waals surface area contributed by atoms with Gasteiger partial charge in [0.05, 0.1) is 37.4 Å². The number of nitrogens with zero attached hydrogens (tertiary/aromatic N) is 1. The van der Waals surface area contributed by atoms with Crippen LogP contribution >= 0.6 is 0 Å².